The van der Waals surface area contributed by atoms with Crippen molar-refractivity contribution in [3.8, 4) is 0 Å². The number of nitrogens with one attached hydrogen (secondary N) is 1. The molecule has 0 unspecified atom stereocenters. The number of hydrogen-bond acceptors (Lipinski definition) is 5. The molecule has 1 saturated heterocycles. The molecule has 3 aromatic carbocycles. The Morgan fingerprint density at radius 1 is 0.923 bits per heavy atom. The first-order chi connectivity index (χ1) is 18.9. The van der Waals surface area contributed by atoms with Gasteiger partial charge in [-0.15, -0.1) is 0 Å². The number of rotatable bonds is 4. The summed E-state index contributed by atoms with van der Waals surface area (Å²) >= 11 is 6.55. The molecule has 0 aliphatic carbocycles. The number of allylic oxidation sites excluding steroid dienone is 1. The minimum Gasteiger partial charge on any atom is -0.461 e. The summed E-state index contributed by atoms with van der Waals surface area (Å²) in [6.45, 7) is 2.00. The number of halogens is 1. The molecule has 39 heavy (non-hydrogen) atoms. The lowest BCUT2D eigenvalue weighted by molar-refractivity contribution is -0.121. The SMILES string of the molecule is CC1=C[C@H]2N(c3ccccc31)[C@@H](C(=O)c1ccccc1Cl)[C@@H](C(=O)c1ccco1)[C@@]21C(=O)Nc2ccccc21. The maximum Gasteiger partial charge on any atom is 0.238 e. The quantitative estimate of drug-likeness (QED) is 0.316. The van der Waals surface area contributed by atoms with Crippen molar-refractivity contribution in [1.29, 1.82) is 0 Å². The summed E-state index contributed by atoms with van der Waals surface area (Å²) in [7, 11) is 0. The number of amides is 1. The van der Waals surface area contributed by atoms with Gasteiger partial charge in [-0.25, -0.2) is 0 Å². The van der Waals surface area contributed by atoms with E-state index in [0.717, 1.165) is 16.8 Å². The Labute approximate surface area is 229 Å². The van der Waals surface area contributed by atoms with Gasteiger partial charge < -0.3 is 14.6 Å². The number of fused-ring (bicyclic) bond motifs is 6. The van der Waals surface area contributed by atoms with E-state index in [4.69, 9.17) is 16.0 Å². The van der Waals surface area contributed by atoms with Crippen LogP contribution in [0.25, 0.3) is 5.57 Å². The minimum atomic E-state index is -1.39. The van der Waals surface area contributed by atoms with Crippen LogP contribution in [0.4, 0.5) is 11.4 Å². The molecule has 1 fully saturated rings. The van der Waals surface area contributed by atoms with Crippen LogP contribution in [0.1, 0.15) is 39.0 Å². The Bertz CT molecular complexity index is 1710. The van der Waals surface area contributed by atoms with Gasteiger partial charge in [0, 0.05) is 22.5 Å². The molecular formula is C32H23ClN2O4. The van der Waals surface area contributed by atoms with Crippen LogP contribution in [0.2, 0.25) is 5.02 Å². The summed E-state index contributed by atoms with van der Waals surface area (Å²) < 4.78 is 5.58. The third-order valence-corrected chi connectivity index (χ3v) is 8.67. The van der Waals surface area contributed by atoms with Crippen LogP contribution in [0, 0.1) is 5.92 Å². The van der Waals surface area contributed by atoms with Crippen LogP contribution in [-0.4, -0.2) is 29.6 Å². The Morgan fingerprint density at radius 2 is 1.67 bits per heavy atom. The molecule has 1 amide bonds. The molecule has 0 saturated carbocycles. The molecule has 1 spiro atoms. The van der Waals surface area contributed by atoms with Crippen LogP contribution in [0.3, 0.4) is 0 Å². The zero-order valence-electron chi connectivity index (χ0n) is 20.9. The molecule has 6 nitrogen and oxygen atoms in total. The van der Waals surface area contributed by atoms with E-state index in [9.17, 15) is 14.4 Å². The molecular weight excluding hydrogens is 512 g/mol. The molecule has 1 aromatic heterocycles. The number of benzene rings is 3. The fourth-order valence-electron chi connectivity index (χ4n) is 6.78. The van der Waals surface area contributed by atoms with Crippen LogP contribution in [0.5, 0.6) is 0 Å². The summed E-state index contributed by atoms with van der Waals surface area (Å²) in [4.78, 5) is 45.3. The highest BCUT2D eigenvalue weighted by Gasteiger charge is 2.70. The fourth-order valence-corrected chi connectivity index (χ4v) is 7.01. The average molecular weight is 535 g/mol. The maximum absolute atomic E-state index is 14.6. The molecule has 7 rings (SSSR count). The third kappa shape index (κ3) is 3.12. The van der Waals surface area contributed by atoms with Crippen molar-refractivity contribution in [2.45, 2.75) is 24.4 Å². The number of para-hydroxylation sites is 2. The zero-order valence-corrected chi connectivity index (χ0v) is 21.7. The Balaban J connectivity index is 1.57. The van der Waals surface area contributed by atoms with Gasteiger partial charge in [0.15, 0.2) is 11.5 Å². The summed E-state index contributed by atoms with van der Waals surface area (Å²) in [5, 5.41) is 3.32. The number of carbonyl (C=O) groups is 3. The van der Waals surface area contributed by atoms with Crippen LogP contribution < -0.4 is 10.2 Å². The van der Waals surface area contributed by atoms with Gasteiger partial charge in [-0.3, -0.25) is 14.4 Å². The second-order valence-electron chi connectivity index (χ2n) is 10.2. The van der Waals surface area contributed by atoms with Gasteiger partial charge in [0.05, 0.1) is 23.2 Å². The van der Waals surface area contributed by atoms with Gasteiger partial charge >= 0.3 is 0 Å². The number of carbonyl (C=O) groups excluding carboxylic acids is 3. The molecule has 4 aromatic rings. The Hall–Kier alpha value is -4.42. The Morgan fingerprint density at radius 3 is 2.46 bits per heavy atom. The van der Waals surface area contributed by atoms with E-state index in [-0.39, 0.29) is 22.5 Å². The van der Waals surface area contributed by atoms with E-state index in [1.165, 1.54) is 6.26 Å². The smallest absolute Gasteiger partial charge is 0.238 e. The van der Waals surface area contributed by atoms with Gasteiger partial charge in [0.2, 0.25) is 11.7 Å². The number of Topliss-reactive ketones (excluding diaryl/α,β-unsaturated/α-hetero) is 2. The first-order valence-corrected chi connectivity index (χ1v) is 13.2. The zero-order chi connectivity index (χ0) is 26.9. The molecule has 4 atom stereocenters. The van der Waals surface area contributed by atoms with Gasteiger partial charge in [0.25, 0.3) is 0 Å². The monoisotopic (exact) mass is 534 g/mol. The largest absolute Gasteiger partial charge is 0.461 e. The van der Waals surface area contributed by atoms with E-state index in [1.54, 1.807) is 36.4 Å². The number of furan rings is 1. The molecule has 7 heteroatoms. The molecule has 0 radical (unpaired) electrons. The van der Waals surface area contributed by atoms with Gasteiger partial charge in [-0.05, 0) is 54.5 Å². The van der Waals surface area contributed by atoms with Crippen molar-refractivity contribution in [2.24, 2.45) is 5.92 Å². The lowest BCUT2D eigenvalue weighted by Gasteiger charge is -2.39. The van der Waals surface area contributed by atoms with Crippen molar-refractivity contribution < 1.29 is 18.8 Å². The Kier molecular flexibility index (Phi) is 5.19. The summed E-state index contributed by atoms with van der Waals surface area (Å²) in [6, 6.07) is 23.6. The number of ketones is 2. The lowest BCUT2D eigenvalue weighted by atomic mass is 9.64. The van der Waals surface area contributed by atoms with E-state index in [1.807, 2.05) is 66.4 Å². The van der Waals surface area contributed by atoms with Crippen molar-refractivity contribution in [3.05, 3.63) is 125 Å². The van der Waals surface area contributed by atoms with Crippen LogP contribution in [-0.2, 0) is 10.2 Å². The molecule has 3 aliphatic rings. The summed E-state index contributed by atoms with van der Waals surface area (Å²) in [5.41, 5.74) is 2.93. The van der Waals surface area contributed by atoms with Gasteiger partial charge in [-0.1, -0.05) is 66.2 Å². The highest BCUT2D eigenvalue weighted by Crippen LogP contribution is 2.59. The number of anilines is 2. The second-order valence-corrected chi connectivity index (χ2v) is 10.6. The van der Waals surface area contributed by atoms with Crippen LogP contribution >= 0.6 is 11.6 Å². The third-order valence-electron chi connectivity index (χ3n) is 8.34. The average Bonchev–Trinajstić information content (AvgIpc) is 3.66. The topological polar surface area (TPSA) is 79.6 Å². The second kappa shape index (κ2) is 8.55. The first-order valence-electron chi connectivity index (χ1n) is 12.8. The van der Waals surface area contributed by atoms with Gasteiger partial charge in [-0.2, -0.15) is 0 Å². The normalized spacial score (nSPS) is 24.6. The number of hydrogen-bond donors (Lipinski definition) is 1. The van der Waals surface area contributed by atoms with E-state index < -0.39 is 29.2 Å². The fraction of sp³-hybridized carbons (Fsp3) is 0.156. The molecule has 0 bridgehead atoms. The first kappa shape index (κ1) is 23.7. The lowest BCUT2D eigenvalue weighted by Crippen LogP contribution is -2.51. The standard InChI is InChI=1S/C32H23ClN2O4/c1-18-17-26-32(21-11-4-6-13-23(21)34-31(32)38)27(30(37)25-15-8-16-39-25)28(29(36)20-10-2-5-12-22(20)33)35(26)24-14-7-3-9-19(18)24/h2-17,26-28H,1H3,(H,34,38)/t26-,27+,28-,32+/m1/s1. The molecule has 4 heterocycles. The van der Waals surface area contributed by atoms with E-state index in [0.29, 0.717) is 16.8 Å². The molecule has 1 N–H and O–H groups in total. The van der Waals surface area contributed by atoms with Crippen molar-refractivity contribution in [3.63, 3.8) is 0 Å². The predicted octanol–water partition coefficient (Wildman–Crippen LogP) is 6.18. The highest BCUT2D eigenvalue weighted by molar-refractivity contribution is 6.34. The predicted molar refractivity (Wildman–Crippen MR) is 149 cm³/mol. The van der Waals surface area contributed by atoms with Crippen molar-refractivity contribution in [1.82, 2.24) is 0 Å². The summed E-state index contributed by atoms with van der Waals surface area (Å²) in [6.07, 6.45) is 3.45. The van der Waals surface area contributed by atoms with E-state index in [2.05, 4.69) is 5.32 Å². The van der Waals surface area contributed by atoms with E-state index >= 15 is 0 Å². The highest BCUT2D eigenvalue weighted by atomic mass is 35.5. The molecule has 192 valence electrons. The van der Waals surface area contributed by atoms with Crippen molar-refractivity contribution >= 4 is 46.0 Å². The van der Waals surface area contributed by atoms with Crippen molar-refractivity contribution in [2.75, 3.05) is 10.2 Å². The number of nitrogens with zero attached hydrogens (tertiary/aromatic N) is 1. The minimum absolute atomic E-state index is 0.0994. The maximum atomic E-state index is 14.6. The van der Waals surface area contributed by atoms with Crippen LogP contribution in [0.15, 0.2) is 102 Å². The summed E-state index contributed by atoms with van der Waals surface area (Å²) in [5.74, 6) is -2.05. The molecule has 3 aliphatic heterocycles. The van der Waals surface area contributed by atoms with Gasteiger partial charge in [0.1, 0.15) is 11.5 Å².